The van der Waals surface area contributed by atoms with Gasteiger partial charge in [-0.25, -0.2) is 0 Å². The van der Waals surface area contributed by atoms with Gasteiger partial charge in [0, 0.05) is 17.8 Å². The number of hydrogen-bond acceptors (Lipinski definition) is 3. The molecule has 0 saturated carbocycles. The van der Waals surface area contributed by atoms with Gasteiger partial charge in [0.2, 0.25) is 0 Å². The summed E-state index contributed by atoms with van der Waals surface area (Å²) < 4.78 is 5.70. The first-order valence-corrected chi connectivity index (χ1v) is 8.15. The van der Waals surface area contributed by atoms with Crippen molar-refractivity contribution < 1.29 is 4.74 Å². The van der Waals surface area contributed by atoms with Crippen LogP contribution in [-0.4, -0.2) is 18.1 Å². The molecule has 0 unspecified atom stereocenters. The lowest BCUT2D eigenvalue weighted by atomic mass is 10.1. The molecule has 1 heterocycles. The van der Waals surface area contributed by atoms with E-state index in [0.29, 0.717) is 0 Å². The zero-order valence-corrected chi connectivity index (χ0v) is 13.9. The Bertz CT molecular complexity index is 596. The molecule has 3 nitrogen and oxygen atoms in total. The third-order valence-corrected chi connectivity index (χ3v) is 3.54. The smallest absolute Gasteiger partial charge is 0.119 e. The summed E-state index contributed by atoms with van der Waals surface area (Å²) in [6.45, 7) is 9.03. The first kappa shape index (κ1) is 16.5. The Morgan fingerprint density at radius 1 is 1.09 bits per heavy atom. The Morgan fingerprint density at radius 3 is 2.68 bits per heavy atom. The van der Waals surface area contributed by atoms with Gasteiger partial charge in [0.05, 0.1) is 12.3 Å². The van der Waals surface area contributed by atoms with E-state index in [4.69, 9.17) is 9.72 Å². The molecule has 0 amide bonds. The number of aryl methyl sites for hydroxylation is 1. The molecule has 22 heavy (non-hydrogen) atoms. The summed E-state index contributed by atoms with van der Waals surface area (Å²) in [6.07, 6.45) is 2.16. The molecular formula is C19H26N2O. The Hall–Kier alpha value is -1.87. The van der Waals surface area contributed by atoms with E-state index in [1.165, 1.54) is 5.56 Å². The third-order valence-electron chi connectivity index (χ3n) is 3.54. The van der Waals surface area contributed by atoms with Crippen molar-refractivity contribution in [3.8, 4) is 17.0 Å². The van der Waals surface area contributed by atoms with Crippen molar-refractivity contribution in [3.05, 3.63) is 47.7 Å². The van der Waals surface area contributed by atoms with E-state index in [-0.39, 0.29) is 0 Å². The minimum Gasteiger partial charge on any atom is -0.494 e. The molecule has 118 valence electrons. The van der Waals surface area contributed by atoms with Gasteiger partial charge < -0.3 is 10.1 Å². The Morgan fingerprint density at radius 2 is 1.95 bits per heavy atom. The minimum absolute atomic E-state index is 0.748. The van der Waals surface area contributed by atoms with Crippen LogP contribution in [0.1, 0.15) is 37.9 Å². The van der Waals surface area contributed by atoms with E-state index in [1.807, 2.05) is 12.1 Å². The second kappa shape index (κ2) is 8.54. The first-order valence-electron chi connectivity index (χ1n) is 8.15. The molecule has 0 radical (unpaired) electrons. The van der Waals surface area contributed by atoms with Crippen molar-refractivity contribution in [2.75, 3.05) is 13.2 Å². The van der Waals surface area contributed by atoms with Gasteiger partial charge in [-0.05, 0) is 50.1 Å². The van der Waals surface area contributed by atoms with E-state index in [9.17, 15) is 0 Å². The molecular weight excluding hydrogens is 272 g/mol. The molecule has 3 heteroatoms. The summed E-state index contributed by atoms with van der Waals surface area (Å²) >= 11 is 0. The van der Waals surface area contributed by atoms with Gasteiger partial charge in [-0.2, -0.15) is 0 Å². The number of ether oxygens (including phenoxy) is 1. The highest BCUT2D eigenvalue weighted by molar-refractivity contribution is 5.61. The molecule has 0 atom stereocenters. The topological polar surface area (TPSA) is 34.1 Å². The maximum Gasteiger partial charge on any atom is 0.119 e. The molecule has 0 aliphatic rings. The van der Waals surface area contributed by atoms with Gasteiger partial charge in [0.15, 0.2) is 0 Å². The van der Waals surface area contributed by atoms with Gasteiger partial charge in [-0.1, -0.05) is 32.0 Å². The van der Waals surface area contributed by atoms with E-state index in [0.717, 1.165) is 55.2 Å². The summed E-state index contributed by atoms with van der Waals surface area (Å²) in [7, 11) is 0. The quantitative estimate of drug-likeness (QED) is 0.736. The van der Waals surface area contributed by atoms with Gasteiger partial charge in [0.25, 0.3) is 0 Å². The van der Waals surface area contributed by atoms with Gasteiger partial charge in [0.1, 0.15) is 5.75 Å². The minimum atomic E-state index is 0.748. The summed E-state index contributed by atoms with van der Waals surface area (Å²) in [5, 5.41) is 3.42. The maximum atomic E-state index is 5.70. The SMILES string of the molecule is CCCNCc1ccc(-c2cccc(OCCC)c2)nc1C. The van der Waals surface area contributed by atoms with Crippen LogP contribution in [0.25, 0.3) is 11.3 Å². The average molecular weight is 298 g/mol. The zero-order chi connectivity index (χ0) is 15.8. The van der Waals surface area contributed by atoms with Crippen LogP contribution in [-0.2, 0) is 6.54 Å². The Balaban J connectivity index is 2.13. The molecule has 0 saturated heterocycles. The lowest BCUT2D eigenvalue weighted by molar-refractivity contribution is 0.317. The summed E-state index contributed by atoms with van der Waals surface area (Å²) in [4.78, 5) is 4.75. The number of nitrogens with zero attached hydrogens (tertiary/aromatic N) is 1. The third kappa shape index (κ3) is 4.57. The normalized spacial score (nSPS) is 10.7. The highest BCUT2D eigenvalue weighted by Gasteiger charge is 2.05. The van der Waals surface area contributed by atoms with Crippen LogP contribution in [0.15, 0.2) is 36.4 Å². The Labute approximate surface area is 133 Å². The van der Waals surface area contributed by atoms with Crippen molar-refractivity contribution in [3.63, 3.8) is 0 Å². The predicted molar refractivity (Wildman–Crippen MR) is 92.2 cm³/mol. The Kier molecular flexibility index (Phi) is 6.41. The van der Waals surface area contributed by atoms with Crippen LogP contribution >= 0.6 is 0 Å². The predicted octanol–water partition coefficient (Wildman–Crippen LogP) is 4.35. The van der Waals surface area contributed by atoms with Crippen molar-refractivity contribution in [2.24, 2.45) is 0 Å². The van der Waals surface area contributed by atoms with Gasteiger partial charge in [-0.15, -0.1) is 0 Å². The number of aromatic nitrogens is 1. The van der Waals surface area contributed by atoms with E-state index >= 15 is 0 Å². The van der Waals surface area contributed by atoms with Crippen molar-refractivity contribution in [1.82, 2.24) is 10.3 Å². The van der Waals surface area contributed by atoms with Gasteiger partial charge >= 0.3 is 0 Å². The van der Waals surface area contributed by atoms with Crippen molar-refractivity contribution in [1.29, 1.82) is 0 Å². The zero-order valence-electron chi connectivity index (χ0n) is 13.9. The summed E-state index contributed by atoms with van der Waals surface area (Å²) in [5.41, 5.74) is 4.44. The monoisotopic (exact) mass is 298 g/mol. The van der Waals surface area contributed by atoms with Crippen LogP contribution < -0.4 is 10.1 Å². The fraction of sp³-hybridized carbons (Fsp3) is 0.421. The molecule has 0 bridgehead atoms. The number of pyridine rings is 1. The fourth-order valence-electron chi connectivity index (χ4n) is 2.30. The van der Waals surface area contributed by atoms with Crippen molar-refractivity contribution >= 4 is 0 Å². The van der Waals surface area contributed by atoms with Crippen LogP contribution in [0.3, 0.4) is 0 Å². The first-order chi connectivity index (χ1) is 10.7. The van der Waals surface area contributed by atoms with Crippen LogP contribution in [0.2, 0.25) is 0 Å². The number of nitrogens with one attached hydrogen (secondary N) is 1. The number of rotatable bonds is 8. The van der Waals surface area contributed by atoms with E-state index < -0.39 is 0 Å². The largest absolute Gasteiger partial charge is 0.494 e. The second-order valence-corrected chi connectivity index (χ2v) is 5.49. The molecule has 1 aromatic carbocycles. The fourth-order valence-corrected chi connectivity index (χ4v) is 2.30. The van der Waals surface area contributed by atoms with E-state index in [2.05, 4.69) is 50.4 Å². The van der Waals surface area contributed by atoms with Gasteiger partial charge in [-0.3, -0.25) is 4.98 Å². The molecule has 1 aromatic heterocycles. The molecule has 0 spiro atoms. The van der Waals surface area contributed by atoms with Crippen LogP contribution in [0.5, 0.6) is 5.75 Å². The van der Waals surface area contributed by atoms with E-state index in [1.54, 1.807) is 0 Å². The summed E-state index contributed by atoms with van der Waals surface area (Å²) in [6, 6.07) is 12.4. The highest BCUT2D eigenvalue weighted by atomic mass is 16.5. The average Bonchev–Trinajstić information content (AvgIpc) is 2.55. The van der Waals surface area contributed by atoms with Crippen LogP contribution in [0.4, 0.5) is 0 Å². The molecule has 1 N–H and O–H groups in total. The van der Waals surface area contributed by atoms with Crippen molar-refractivity contribution in [2.45, 2.75) is 40.2 Å². The van der Waals surface area contributed by atoms with Crippen LogP contribution in [0, 0.1) is 6.92 Å². The molecule has 0 fully saturated rings. The summed E-state index contributed by atoms with van der Waals surface area (Å²) in [5.74, 6) is 0.910. The lowest BCUT2D eigenvalue weighted by Gasteiger charge is -2.10. The molecule has 2 rings (SSSR count). The highest BCUT2D eigenvalue weighted by Crippen LogP contribution is 2.23. The maximum absolute atomic E-state index is 5.70. The number of benzene rings is 1. The molecule has 0 aliphatic heterocycles. The standard InChI is InChI=1S/C19H26N2O/c1-4-11-20-14-17-9-10-19(21-15(17)3)16-7-6-8-18(13-16)22-12-5-2/h6-10,13,20H,4-5,11-12,14H2,1-3H3. The molecule has 2 aromatic rings. The number of hydrogen-bond donors (Lipinski definition) is 1. The molecule has 0 aliphatic carbocycles. The lowest BCUT2D eigenvalue weighted by Crippen LogP contribution is -2.15. The second-order valence-electron chi connectivity index (χ2n) is 5.49.